The van der Waals surface area contributed by atoms with Crippen molar-refractivity contribution in [1.82, 2.24) is 20.3 Å². The van der Waals surface area contributed by atoms with Crippen LogP contribution in [0.1, 0.15) is 32.5 Å². The number of pyridine rings is 1. The van der Waals surface area contributed by atoms with Crippen molar-refractivity contribution in [2.45, 2.75) is 33.3 Å². The van der Waals surface area contributed by atoms with Crippen molar-refractivity contribution in [3.05, 3.63) is 94.6 Å². The molecule has 2 heterocycles. The molecule has 7 nitrogen and oxygen atoms in total. The standard InChI is InChI=1S/C25H28N4O3/c1-17(19(3)24(30)27-14-20-10-5-4-6-11-20)8-7-9-18(2)32-16-23-28-22-15-26-13-12-21(22)25(31)29-23/h4-7,9-10,12-13,15,20H,2,8,11,14,16H2,1,3H3,(H,27,30)(H,28,29,31)/b9-7-,19-17+. The molecular weight excluding hydrogens is 404 g/mol. The highest BCUT2D eigenvalue weighted by atomic mass is 16.5. The van der Waals surface area contributed by atoms with E-state index >= 15 is 0 Å². The molecule has 0 spiro atoms. The first kappa shape index (κ1) is 22.9. The zero-order valence-electron chi connectivity index (χ0n) is 18.4. The Morgan fingerprint density at radius 3 is 3.00 bits per heavy atom. The van der Waals surface area contributed by atoms with Crippen molar-refractivity contribution in [3.63, 3.8) is 0 Å². The van der Waals surface area contributed by atoms with Gasteiger partial charge in [-0.1, -0.05) is 42.5 Å². The van der Waals surface area contributed by atoms with Crippen molar-refractivity contribution in [3.8, 4) is 0 Å². The second kappa shape index (κ2) is 11.0. The van der Waals surface area contributed by atoms with Crippen molar-refractivity contribution in [2.75, 3.05) is 6.54 Å². The lowest BCUT2D eigenvalue weighted by molar-refractivity contribution is -0.117. The molecule has 1 aliphatic rings. The predicted octanol–water partition coefficient (Wildman–Crippen LogP) is 3.88. The third kappa shape index (κ3) is 6.38. The van der Waals surface area contributed by atoms with E-state index in [2.05, 4.69) is 39.0 Å². The van der Waals surface area contributed by atoms with Gasteiger partial charge in [-0.15, -0.1) is 0 Å². The Bertz CT molecular complexity index is 1170. The minimum Gasteiger partial charge on any atom is -0.486 e. The Labute approximate surface area is 187 Å². The number of nitrogens with zero attached hydrogens (tertiary/aromatic N) is 2. The number of fused-ring (bicyclic) bond motifs is 1. The molecule has 0 saturated heterocycles. The summed E-state index contributed by atoms with van der Waals surface area (Å²) < 4.78 is 5.59. The van der Waals surface area contributed by atoms with Gasteiger partial charge in [0.25, 0.3) is 5.56 Å². The van der Waals surface area contributed by atoms with Gasteiger partial charge in [-0.2, -0.15) is 0 Å². The molecule has 1 unspecified atom stereocenters. The summed E-state index contributed by atoms with van der Waals surface area (Å²) in [7, 11) is 0. The van der Waals surface area contributed by atoms with E-state index in [1.807, 2.05) is 32.1 Å². The maximum atomic E-state index is 12.4. The van der Waals surface area contributed by atoms with Gasteiger partial charge in [0.15, 0.2) is 0 Å². The third-order valence-corrected chi connectivity index (χ3v) is 5.25. The fourth-order valence-corrected chi connectivity index (χ4v) is 3.17. The van der Waals surface area contributed by atoms with Crippen LogP contribution in [-0.4, -0.2) is 27.4 Å². The summed E-state index contributed by atoms with van der Waals surface area (Å²) in [6.07, 6.45) is 16.5. The van der Waals surface area contributed by atoms with Gasteiger partial charge in [0.2, 0.25) is 5.91 Å². The molecule has 3 rings (SSSR count). The van der Waals surface area contributed by atoms with Crippen molar-refractivity contribution in [2.24, 2.45) is 5.92 Å². The van der Waals surface area contributed by atoms with Gasteiger partial charge in [-0.05, 0) is 44.7 Å². The highest BCUT2D eigenvalue weighted by Crippen LogP contribution is 2.13. The highest BCUT2D eigenvalue weighted by molar-refractivity contribution is 5.93. The maximum absolute atomic E-state index is 12.4. The molecular formula is C25H28N4O3. The summed E-state index contributed by atoms with van der Waals surface area (Å²) in [4.78, 5) is 35.5. The van der Waals surface area contributed by atoms with Crippen LogP contribution >= 0.6 is 0 Å². The van der Waals surface area contributed by atoms with Crippen LogP contribution in [0.3, 0.4) is 0 Å². The zero-order valence-corrected chi connectivity index (χ0v) is 18.4. The summed E-state index contributed by atoms with van der Waals surface area (Å²) in [5, 5.41) is 3.48. The number of hydrogen-bond donors (Lipinski definition) is 2. The van der Waals surface area contributed by atoms with E-state index in [1.54, 1.807) is 24.5 Å². The highest BCUT2D eigenvalue weighted by Gasteiger charge is 2.10. The predicted molar refractivity (Wildman–Crippen MR) is 126 cm³/mol. The number of nitrogens with one attached hydrogen (secondary N) is 2. The van der Waals surface area contributed by atoms with Crippen LogP contribution in [-0.2, 0) is 16.1 Å². The monoisotopic (exact) mass is 432 g/mol. The van der Waals surface area contributed by atoms with Gasteiger partial charge < -0.3 is 15.0 Å². The van der Waals surface area contributed by atoms with Gasteiger partial charge in [0, 0.05) is 18.3 Å². The number of rotatable bonds is 9. The number of carbonyl (C=O) groups excluding carboxylic acids is 1. The van der Waals surface area contributed by atoms with Crippen molar-refractivity contribution >= 4 is 16.8 Å². The molecule has 166 valence electrons. The van der Waals surface area contributed by atoms with E-state index in [4.69, 9.17) is 4.74 Å². The van der Waals surface area contributed by atoms with Crippen LogP contribution in [0.4, 0.5) is 0 Å². The normalized spacial score (nSPS) is 16.2. The quantitative estimate of drug-likeness (QED) is 0.356. The van der Waals surface area contributed by atoms with Crippen LogP contribution < -0.4 is 10.9 Å². The fourth-order valence-electron chi connectivity index (χ4n) is 3.17. The van der Waals surface area contributed by atoms with Gasteiger partial charge in [0.05, 0.1) is 17.1 Å². The first-order valence-corrected chi connectivity index (χ1v) is 10.5. The summed E-state index contributed by atoms with van der Waals surface area (Å²) >= 11 is 0. The van der Waals surface area contributed by atoms with E-state index in [0.29, 0.717) is 46.9 Å². The first-order valence-electron chi connectivity index (χ1n) is 10.5. The second-order valence-corrected chi connectivity index (χ2v) is 7.69. The van der Waals surface area contributed by atoms with Gasteiger partial charge >= 0.3 is 0 Å². The molecule has 2 aromatic heterocycles. The molecule has 0 bridgehead atoms. The molecule has 0 saturated carbocycles. The summed E-state index contributed by atoms with van der Waals surface area (Å²) in [5.74, 6) is 1.14. The number of amides is 1. The molecule has 1 atom stereocenters. The lowest BCUT2D eigenvalue weighted by Crippen LogP contribution is -2.29. The summed E-state index contributed by atoms with van der Waals surface area (Å²) in [6, 6.07) is 1.62. The molecule has 2 aromatic rings. The molecule has 32 heavy (non-hydrogen) atoms. The third-order valence-electron chi connectivity index (χ3n) is 5.25. The number of carbonyl (C=O) groups is 1. The summed E-state index contributed by atoms with van der Waals surface area (Å²) in [6.45, 7) is 8.35. The van der Waals surface area contributed by atoms with E-state index in [9.17, 15) is 9.59 Å². The lowest BCUT2D eigenvalue weighted by Gasteiger charge is -2.14. The van der Waals surface area contributed by atoms with E-state index in [1.165, 1.54) is 0 Å². The molecule has 1 amide bonds. The van der Waals surface area contributed by atoms with Gasteiger partial charge in [0.1, 0.15) is 18.2 Å². The SMILES string of the molecule is C=C(/C=C\C/C(C)=C(\C)C(=O)NCC1C=CC=CC1)OCc1nc2cnccc2c(=O)[nH]1. The second-order valence-electron chi connectivity index (χ2n) is 7.69. The van der Waals surface area contributed by atoms with Crippen LogP contribution in [0.5, 0.6) is 0 Å². The average molecular weight is 433 g/mol. The number of ether oxygens (including phenoxy) is 1. The van der Waals surface area contributed by atoms with Crippen LogP contribution in [0.2, 0.25) is 0 Å². The molecule has 0 fully saturated rings. The molecule has 0 aromatic carbocycles. The number of H-pyrrole nitrogens is 1. The van der Waals surface area contributed by atoms with Crippen LogP contribution in [0.15, 0.2) is 83.2 Å². The Hall–Kier alpha value is -3.74. The fraction of sp³-hybridized carbons (Fsp3) is 0.280. The largest absolute Gasteiger partial charge is 0.486 e. The maximum Gasteiger partial charge on any atom is 0.258 e. The molecule has 2 N–H and O–H groups in total. The summed E-state index contributed by atoms with van der Waals surface area (Å²) in [5.41, 5.74) is 1.96. The Kier molecular flexibility index (Phi) is 7.91. The van der Waals surface area contributed by atoms with Gasteiger partial charge in [-0.3, -0.25) is 14.6 Å². The van der Waals surface area contributed by atoms with Crippen LogP contribution in [0.25, 0.3) is 10.9 Å². The first-order chi connectivity index (χ1) is 15.4. The lowest BCUT2D eigenvalue weighted by atomic mass is 10.0. The molecule has 0 radical (unpaired) electrons. The number of hydrogen-bond acceptors (Lipinski definition) is 5. The average Bonchev–Trinajstić information content (AvgIpc) is 2.81. The molecule has 1 aliphatic carbocycles. The number of allylic oxidation sites excluding steroid dienone is 6. The zero-order chi connectivity index (χ0) is 22.9. The van der Waals surface area contributed by atoms with Gasteiger partial charge in [-0.25, -0.2) is 4.98 Å². The molecule has 7 heteroatoms. The minimum absolute atomic E-state index is 0.0465. The molecule has 0 aliphatic heterocycles. The topological polar surface area (TPSA) is 97.0 Å². The number of aromatic nitrogens is 3. The van der Waals surface area contributed by atoms with Crippen molar-refractivity contribution < 1.29 is 9.53 Å². The number of aromatic amines is 1. The Morgan fingerprint density at radius 2 is 2.22 bits per heavy atom. The van der Waals surface area contributed by atoms with E-state index in [0.717, 1.165) is 12.0 Å². The van der Waals surface area contributed by atoms with E-state index < -0.39 is 0 Å². The smallest absolute Gasteiger partial charge is 0.258 e. The minimum atomic E-state index is -0.234. The van der Waals surface area contributed by atoms with E-state index in [-0.39, 0.29) is 18.1 Å². The van der Waals surface area contributed by atoms with Crippen LogP contribution in [0, 0.1) is 5.92 Å². The Morgan fingerprint density at radius 1 is 1.38 bits per heavy atom. The Balaban J connectivity index is 1.47. The van der Waals surface area contributed by atoms with Crippen molar-refractivity contribution in [1.29, 1.82) is 0 Å².